The van der Waals surface area contributed by atoms with E-state index in [1.165, 1.54) is 24.9 Å². The first kappa shape index (κ1) is 18.2. The van der Waals surface area contributed by atoms with Crippen LogP contribution in [0.3, 0.4) is 0 Å². The van der Waals surface area contributed by atoms with Gasteiger partial charge in [0.25, 0.3) is 5.91 Å². The van der Waals surface area contributed by atoms with Crippen LogP contribution in [0, 0.1) is 0 Å². The average Bonchev–Trinajstić information content (AvgIpc) is 2.62. The molecule has 26 heavy (non-hydrogen) atoms. The van der Waals surface area contributed by atoms with Crippen molar-refractivity contribution in [1.29, 1.82) is 0 Å². The molecule has 0 aliphatic carbocycles. The Morgan fingerprint density at radius 3 is 2.27 bits per heavy atom. The minimum Gasteiger partial charge on any atom is -0.372 e. The molecule has 1 aliphatic rings. The number of carbonyl (C=O) groups is 1. The van der Waals surface area contributed by atoms with Gasteiger partial charge in [0, 0.05) is 36.2 Å². The Balaban J connectivity index is 1.61. The summed E-state index contributed by atoms with van der Waals surface area (Å²) in [6, 6.07) is 12.1. The number of amides is 1. The van der Waals surface area contributed by atoms with Crippen LogP contribution in [0.4, 0.5) is 17.2 Å². The topological polar surface area (TPSA) is 57.3 Å². The second kappa shape index (κ2) is 7.77. The summed E-state index contributed by atoms with van der Waals surface area (Å²) in [5.74, 6) is 0.616. The van der Waals surface area contributed by atoms with Crippen LogP contribution >= 0.6 is 0 Å². The number of carbonyl (C=O) groups excluding carboxylic acids is 1. The highest BCUT2D eigenvalue weighted by molar-refractivity contribution is 5.94. The quantitative estimate of drug-likeness (QED) is 0.859. The maximum atomic E-state index is 12.1. The summed E-state index contributed by atoms with van der Waals surface area (Å²) < 4.78 is 0. The molecule has 2 heterocycles. The van der Waals surface area contributed by atoms with Gasteiger partial charge < -0.3 is 15.5 Å². The van der Waals surface area contributed by atoms with Crippen LogP contribution in [0.5, 0.6) is 0 Å². The summed E-state index contributed by atoms with van der Waals surface area (Å²) in [5.41, 5.74) is 2.57. The van der Waals surface area contributed by atoms with Gasteiger partial charge in [-0.25, -0.2) is 4.98 Å². The van der Waals surface area contributed by atoms with Crippen LogP contribution in [0.25, 0.3) is 0 Å². The second-order valence-corrected chi connectivity index (χ2v) is 7.86. The summed E-state index contributed by atoms with van der Waals surface area (Å²) in [6.07, 6.45) is 5.50. The molecule has 5 heteroatoms. The van der Waals surface area contributed by atoms with Crippen molar-refractivity contribution in [3.05, 3.63) is 48.2 Å². The van der Waals surface area contributed by atoms with Crippen LogP contribution in [0.15, 0.2) is 42.6 Å². The molecule has 138 valence electrons. The van der Waals surface area contributed by atoms with Crippen molar-refractivity contribution in [2.24, 2.45) is 0 Å². The van der Waals surface area contributed by atoms with Gasteiger partial charge in [-0.2, -0.15) is 0 Å². The number of nitrogens with zero attached hydrogens (tertiary/aromatic N) is 2. The molecule has 0 saturated carbocycles. The van der Waals surface area contributed by atoms with Crippen LogP contribution in [0.1, 0.15) is 50.4 Å². The molecule has 1 fully saturated rings. The van der Waals surface area contributed by atoms with Crippen molar-refractivity contribution in [3.8, 4) is 0 Å². The maximum absolute atomic E-state index is 12.1. The van der Waals surface area contributed by atoms with E-state index in [0.717, 1.165) is 24.6 Å². The maximum Gasteiger partial charge on any atom is 0.253 e. The van der Waals surface area contributed by atoms with Gasteiger partial charge in [0.1, 0.15) is 5.82 Å². The molecular weight excluding hydrogens is 324 g/mol. The molecule has 1 saturated heterocycles. The zero-order valence-electron chi connectivity index (χ0n) is 15.9. The van der Waals surface area contributed by atoms with Gasteiger partial charge in [-0.1, -0.05) is 0 Å². The van der Waals surface area contributed by atoms with Crippen molar-refractivity contribution < 1.29 is 4.79 Å². The van der Waals surface area contributed by atoms with E-state index >= 15 is 0 Å². The highest BCUT2D eigenvalue weighted by atomic mass is 16.1. The first-order valence-corrected chi connectivity index (χ1v) is 9.31. The van der Waals surface area contributed by atoms with E-state index < -0.39 is 0 Å². The van der Waals surface area contributed by atoms with Crippen molar-refractivity contribution in [2.75, 3.05) is 23.3 Å². The zero-order valence-corrected chi connectivity index (χ0v) is 15.9. The lowest BCUT2D eigenvalue weighted by Crippen LogP contribution is -2.40. The Morgan fingerprint density at radius 2 is 1.69 bits per heavy atom. The third kappa shape index (κ3) is 4.97. The smallest absolute Gasteiger partial charge is 0.253 e. The predicted octanol–water partition coefficient (Wildman–Crippen LogP) is 4.34. The van der Waals surface area contributed by atoms with Crippen LogP contribution in [-0.4, -0.2) is 29.5 Å². The van der Waals surface area contributed by atoms with Crippen LogP contribution in [0.2, 0.25) is 0 Å². The van der Waals surface area contributed by atoms with Crippen LogP contribution < -0.4 is 15.5 Å². The van der Waals surface area contributed by atoms with Crippen molar-refractivity contribution >= 4 is 23.1 Å². The van der Waals surface area contributed by atoms with Gasteiger partial charge in [0.2, 0.25) is 0 Å². The fourth-order valence-electron chi connectivity index (χ4n) is 3.07. The number of aromatic nitrogens is 1. The Kier molecular flexibility index (Phi) is 5.45. The standard InChI is InChI=1S/C21H28N4O/c1-21(2,3)24-20(26)16-7-12-19(22-15-16)23-17-8-10-18(11-9-17)25-13-5-4-6-14-25/h7-12,15H,4-6,13-14H2,1-3H3,(H,22,23)(H,24,26). The number of benzene rings is 1. The molecule has 1 aliphatic heterocycles. The van der Waals surface area contributed by atoms with E-state index in [-0.39, 0.29) is 11.4 Å². The number of anilines is 3. The number of pyridine rings is 1. The molecule has 2 aromatic rings. The van der Waals surface area contributed by atoms with E-state index in [9.17, 15) is 4.79 Å². The Bertz CT molecular complexity index is 726. The van der Waals surface area contributed by atoms with E-state index in [4.69, 9.17) is 0 Å². The van der Waals surface area contributed by atoms with Crippen molar-refractivity contribution in [2.45, 2.75) is 45.6 Å². The lowest BCUT2D eigenvalue weighted by Gasteiger charge is -2.28. The monoisotopic (exact) mass is 352 g/mol. The average molecular weight is 352 g/mol. The van der Waals surface area contributed by atoms with Gasteiger partial charge in [0.15, 0.2) is 0 Å². The molecule has 0 bridgehead atoms. The molecule has 1 aromatic carbocycles. The Hall–Kier alpha value is -2.56. The molecule has 2 N–H and O–H groups in total. The van der Waals surface area contributed by atoms with E-state index in [1.54, 1.807) is 12.3 Å². The van der Waals surface area contributed by atoms with Gasteiger partial charge in [0.05, 0.1) is 5.56 Å². The number of nitrogens with one attached hydrogen (secondary N) is 2. The van der Waals surface area contributed by atoms with Gasteiger partial charge in [-0.15, -0.1) is 0 Å². The molecule has 3 rings (SSSR count). The SMILES string of the molecule is CC(C)(C)NC(=O)c1ccc(Nc2ccc(N3CCCCC3)cc2)nc1. The molecule has 5 nitrogen and oxygen atoms in total. The van der Waals surface area contributed by atoms with E-state index in [1.807, 2.05) is 26.8 Å². The molecule has 0 radical (unpaired) electrons. The first-order valence-electron chi connectivity index (χ1n) is 9.31. The Labute approximate surface area is 155 Å². The fraction of sp³-hybridized carbons (Fsp3) is 0.429. The first-order chi connectivity index (χ1) is 12.4. The molecule has 0 atom stereocenters. The van der Waals surface area contributed by atoms with E-state index in [0.29, 0.717) is 5.56 Å². The largest absolute Gasteiger partial charge is 0.372 e. The van der Waals surface area contributed by atoms with Crippen LogP contribution in [-0.2, 0) is 0 Å². The molecule has 1 aromatic heterocycles. The summed E-state index contributed by atoms with van der Waals surface area (Å²) in [7, 11) is 0. The number of hydrogen-bond donors (Lipinski definition) is 2. The minimum absolute atomic E-state index is 0.109. The zero-order chi connectivity index (χ0) is 18.6. The number of rotatable bonds is 4. The molecule has 0 unspecified atom stereocenters. The lowest BCUT2D eigenvalue weighted by atomic mass is 10.1. The Morgan fingerprint density at radius 1 is 1.00 bits per heavy atom. The lowest BCUT2D eigenvalue weighted by molar-refractivity contribution is 0.0919. The molecule has 0 spiro atoms. The van der Waals surface area contributed by atoms with Crippen molar-refractivity contribution in [1.82, 2.24) is 10.3 Å². The molecule has 1 amide bonds. The number of piperidine rings is 1. The van der Waals surface area contributed by atoms with E-state index in [2.05, 4.69) is 44.8 Å². The summed E-state index contributed by atoms with van der Waals surface area (Å²) >= 11 is 0. The normalized spacial score (nSPS) is 14.8. The predicted molar refractivity (Wildman–Crippen MR) is 107 cm³/mol. The summed E-state index contributed by atoms with van der Waals surface area (Å²) in [4.78, 5) is 18.9. The highest BCUT2D eigenvalue weighted by Gasteiger charge is 2.15. The minimum atomic E-state index is -0.260. The fourth-order valence-corrected chi connectivity index (χ4v) is 3.07. The molecular formula is C21H28N4O. The van der Waals surface area contributed by atoms with Gasteiger partial charge in [-0.3, -0.25) is 4.79 Å². The van der Waals surface area contributed by atoms with Gasteiger partial charge in [-0.05, 0) is 76.4 Å². The third-order valence-electron chi connectivity index (χ3n) is 4.38. The van der Waals surface area contributed by atoms with Crippen molar-refractivity contribution in [3.63, 3.8) is 0 Å². The third-order valence-corrected chi connectivity index (χ3v) is 4.38. The second-order valence-electron chi connectivity index (χ2n) is 7.86. The summed E-state index contributed by atoms with van der Waals surface area (Å²) in [6.45, 7) is 8.17. The summed E-state index contributed by atoms with van der Waals surface area (Å²) in [5, 5.41) is 6.23. The number of hydrogen-bond acceptors (Lipinski definition) is 4. The highest BCUT2D eigenvalue weighted by Crippen LogP contribution is 2.23. The van der Waals surface area contributed by atoms with Gasteiger partial charge >= 0.3 is 0 Å².